The van der Waals surface area contributed by atoms with Crippen molar-refractivity contribution in [2.24, 2.45) is 0 Å². The van der Waals surface area contributed by atoms with Crippen LogP contribution in [-0.2, 0) is 4.79 Å². The van der Waals surface area contributed by atoms with E-state index < -0.39 is 67.1 Å². The number of rotatable bonds is 18. The molecule has 88 heavy (non-hydrogen) atoms. The van der Waals surface area contributed by atoms with E-state index in [1.54, 1.807) is 25.3 Å². The summed E-state index contributed by atoms with van der Waals surface area (Å²) in [5.74, 6) is -2.81. The maximum absolute atomic E-state index is 13.9. The van der Waals surface area contributed by atoms with Crippen LogP contribution in [0.15, 0.2) is 53.0 Å². The summed E-state index contributed by atoms with van der Waals surface area (Å²) in [6.45, 7) is 16.2. The molecule has 4 fully saturated rings. The van der Waals surface area contributed by atoms with Gasteiger partial charge in [-0.25, -0.2) is 17.6 Å². The van der Waals surface area contributed by atoms with Crippen molar-refractivity contribution in [1.29, 1.82) is 0 Å². The van der Waals surface area contributed by atoms with E-state index in [0.717, 1.165) is 109 Å². The van der Waals surface area contributed by atoms with E-state index in [4.69, 9.17) is 92.8 Å². The van der Waals surface area contributed by atoms with Gasteiger partial charge in [0.05, 0.1) is 62.9 Å². The molecule has 4 aromatic carbocycles. The first kappa shape index (κ1) is 83.4. The zero-order chi connectivity index (χ0) is 64.6. The topological polar surface area (TPSA) is 154 Å². The first-order valence-electron chi connectivity index (χ1n) is 29.0. The number of ketones is 2. The van der Waals surface area contributed by atoms with Crippen LogP contribution in [0.25, 0.3) is 0 Å². The van der Waals surface area contributed by atoms with Crippen LogP contribution in [0.2, 0.25) is 60.7 Å². The normalized spacial score (nSPS) is 21.8. The van der Waals surface area contributed by atoms with Crippen molar-refractivity contribution < 1.29 is 55.0 Å². The van der Waals surface area contributed by atoms with E-state index in [1.807, 2.05) is 30.4 Å². The molecule has 4 saturated heterocycles. The molecule has 5 atom stereocenters. The number of carbonyl (C=O) groups excluding carboxylic acids is 3. The van der Waals surface area contributed by atoms with Gasteiger partial charge < -0.3 is 47.6 Å². The number of aliphatic hydroxyl groups excluding tert-OH is 1. The minimum atomic E-state index is -0.936. The average molecular weight is 1490 g/mol. The molecular weight excluding hydrogens is 1410 g/mol. The maximum Gasteiger partial charge on any atom is 2.00 e. The van der Waals surface area contributed by atoms with Gasteiger partial charge >= 0.3 is 44.2 Å². The number of aldehydes is 1. The second kappa shape index (κ2) is 38.2. The number of aliphatic hydroxyl groups is 1. The van der Waals surface area contributed by atoms with Crippen molar-refractivity contribution in [2.45, 2.75) is 179 Å². The van der Waals surface area contributed by atoms with Crippen LogP contribution in [0.4, 0.5) is 17.6 Å². The molecule has 0 amide bonds. The van der Waals surface area contributed by atoms with E-state index in [-0.39, 0.29) is 107 Å². The van der Waals surface area contributed by atoms with E-state index >= 15 is 0 Å². The Labute approximate surface area is 591 Å². The van der Waals surface area contributed by atoms with Crippen LogP contribution in [-0.4, -0.2) is 145 Å². The molecule has 5 N–H and O–H groups in total. The summed E-state index contributed by atoms with van der Waals surface area (Å²) in [6.07, 6.45) is 13.3. The smallest absolute Gasteiger partial charge is 1.00 e. The van der Waals surface area contributed by atoms with Gasteiger partial charge in [0.15, 0.2) is 11.6 Å². The number of halogens is 14. The zero-order valence-corrected chi connectivity index (χ0v) is 60.4. The van der Waals surface area contributed by atoms with Gasteiger partial charge in [-0.2, -0.15) is 0 Å². The fourth-order valence-electron chi connectivity index (χ4n) is 12.7. The number of benzene rings is 4. The Kier molecular flexibility index (Phi) is 36.2. The van der Waals surface area contributed by atoms with Gasteiger partial charge in [-0.05, 0) is 178 Å². The number of hydrogen-bond acceptors (Lipinski definition) is 11. The van der Waals surface area contributed by atoms with Crippen LogP contribution in [0.3, 0.4) is 0 Å². The first-order valence-corrected chi connectivity index (χ1v) is 32.8. The number of nitrogens with zero attached hydrogens (tertiary/aromatic N) is 3. The SMILES string of the molecule is CCCC1(C(=O)c2cc(F)c(Cl)c(Cl)c2)CCCN1.CCCC1(C(=O)c2cc(F)c(Cl)c(Cl)c2)CCCN1B(C)O.CCCC1(C(O)c2cc(F)c(Cl)c(Cl)c2)CCCN1B(C)O.CCCC1(C=O)CCCN1B(C)O.Cl.Fc1cc(Br)cc(Cl)c1Cl.[H-].[H-].[Mg+2]. The van der Waals surface area contributed by atoms with Gasteiger partial charge in [-0.15, -0.1) is 12.4 Å². The molecule has 0 bridgehead atoms. The van der Waals surface area contributed by atoms with Gasteiger partial charge in [0.25, 0.3) is 0 Å². The number of Topliss-reactive ketones (excluding diaryl/α,β-unsaturated/α-hetero) is 2. The molecule has 4 aromatic rings. The molecule has 4 aliphatic rings. The summed E-state index contributed by atoms with van der Waals surface area (Å²) in [5, 5.41) is 43.7. The molecule has 0 radical (unpaired) electrons. The van der Waals surface area contributed by atoms with E-state index in [1.165, 1.54) is 42.5 Å². The Morgan fingerprint density at radius 3 is 1.47 bits per heavy atom. The zero-order valence-electron chi connectivity index (χ0n) is 52.5. The van der Waals surface area contributed by atoms with Gasteiger partial charge in [0.1, 0.15) is 29.6 Å². The summed E-state index contributed by atoms with van der Waals surface area (Å²) in [6, 6.07) is 10.7. The maximum atomic E-state index is 13.9. The Morgan fingerprint density at radius 1 is 0.591 bits per heavy atom. The fourth-order valence-corrected chi connectivity index (χ4v) is 14.5. The molecular formula is C59H79B3BrCl9F4MgN4O7. The Balaban J connectivity index is 0.00000111. The standard InChI is InChI=1S/C15H21BCl2FNO2.C15H19BCl2FNO2.C14H16Cl2FNO.C9H18BNO2.C6H2BrCl2F.ClH.Mg.2H/c2*1-3-5-15(6-4-7-20(15)16(2)22)14(21)10-8-11(17)13(18)12(19)9-10;1-2-4-14(5-3-6-18-14)13(19)9-7-10(15)12(16)11(17)8-9;1-3-5-9(8-12)6-4-7-11(9)10(2)13;7-3-1-4(8)6(9)5(10)2-3;;;;/h8-9,14,21-22H,3-7H2,1-2H3;8-9,22H,3-7H2,1-2H3;7-8,18H,2-6H2,1H3;8,13H,3-7H2,1-2H3;1-2H;1H;;;/q;;;;;;+2;2*-1. The van der Waals surface area contributed by atoms with Gasteiger partial charge in [0.2, 0.25) is 0 Å². The first-order chi connectivity index (χ1) is 40.4. The molecule has 0 aliphatic carbocycles. The van der Waals surface area contributed by atoms with Crippen LogP contribution >= 0.6 is 121 Å². The summed E-state index contributed by atoms with van der Waals surface area (Å²) in [5.41, 5.74) is -1.46. The molecule has 4 heterocycles. The summed E-state index contributed by atoms with van der Waals surface area (Å²) < 4.78 is 54.5. The van der Waals surface area contributed by atoms with Crippen molar-refractivity contribution in [3.05, 3.63) is 133 Å². The number of carbonyl (C=O) groups is 3. The molecule has 29 heteroatoms. The molecule has 8 rings (SSSR count). The van der Waals surface area contributed by atoms with Crippen molar-refractivity contribution in [2.75, 3.05) is 26.2 Å². The van der Waals surface area contributed by atoms with Crippen LogP contribution in [0, 0.1) is 23.3 Å². The Morgan fingerprint density at radius 2 is 1.02 bits per heavy atom. The second-order valence-electron chi connectivity index (χ2n) is 22.3. The third kappa shape index (κ3) is 20.4. The number of hydrogen-bond donors (Lipinski definition) is 5. The molecule has 11 nitrogen and oxygen atoms in total. The quantitative estimate of drug-likeness (QED) is 0.0162. The third-order valence-corrected chi connectivity index (χ3v) is 19.9. The van der Waals surface area contributed by atoms with Crippen molar-refractivity contribution >= 4 is 183 Å². The van der Waals surface area contributed by atoms with Gasteiger partial charge in [-0.3, -0.25) is 9.59 Å². The van der Waals surface area contributed by atoms with Gasteiger partial charge in [-0.1, -0.05) is 162 Å². The van der Waals surface area contributed by atoms with E-state index in [2.05, 4.69) is 28.2 Å². The van der Waals surface area contributed by atoms with E-state index in [0.29, 0.717) is 42.4 Å². The molecule has 0 aromatic heterocycles. The predicted octanol–water partition coefficient (Wildman–Crippen LogP) is 17.3. The van der Waals surface area contributed by atoms with Crippen LogP contribution < -0.4 is 5.32 Å². The predicted molar refractivity (Wildman–Crippen MR) is 365 cm³/mol. The summed E-state index contributed by atoms with van der Waals surface area (Å²) in [7, 11) is -1.90. The fraction of sp³-hybridized carbons (Fsp3) is 0.542. The van der Waals surface area contributed by atoms with Gasteiger partial charge in [0, 0.05) is 21.1 Å². The van der Waals surface area contributed by atoms with Crippen LogP contribution in [0.5, 0.6) is 0 Å². The third-order valence-electron chi connectivity index (χ3n) is 16.4. The van der Waals surface area contributed by atoms with E-state index in [9.17, 15) is 52.1 Å². The Bertz CT molecular complexity index is 2880. The molecule has 5 unspecified atom stereocenters. The van der Waals surface area contributed by atoms with Crippen LogP contribution in [0.1, 0.15) is 166 Å². The minimum Gasteiger partial charge on any atom is -1.00 e. The summed E-state index contributed by atoms with van der Waals surface area (Å²) >= 11 is 48.8. The average Bonchev–Trinajstić information content (AvgIpc) is 1.51. The van der Waals surface area contributed by atoms with Crippen molar-refractivity contribution in [1.82, 2.24) is 19.7 Å². The Hall–Kier alpha value is -0.659. The monoisotopic (exact) mass is 1480 g/mol. The largest absolute Gasteiger partial charge is 2.00 e. The summed E-state index contributed by atoms with van der Waals surface area (Å²) in [4.78, 5) is 42.4. The molecule has 0 saturated carbocycles. The second-order valence-corrected chi connectivity index (χ2v) is 26.4. The molecule has 0 spiro atoms. The minimum absolute atomic E-state index is 0. The van der Waals surface area contributed by atoms with Crippen molar-refractivity contribution in [3.63, 3.8) is 0 Å². The number of nitrogens with one attached hydrogen (secondary N) is 1. The molecule has 4 aliphatic heterocycles. The van der Waals surface area contributed by atoms with Crippen molar-refractivity contribution in [3.8, 4) is 0 Å². The molecule has 486 valence electrons.